The van der Waals surface area contributed by atoms with Crippen LogP contribution < -0.4 is 10.9 Å². The zero-order valence-electron chi connectivity index (χ0n) is 16.9. The molecule has 0 spiro atoms. The Kier molecular flexibility index (Phi) is 5.43. The second-order valence-electron chi connectivity index (χ2n) is 7.21. The van der Waals surface area contributed by atoms with Gasteiger partial charge in [-0.15, -0.1) is 0 Å². The van der Waals surface area contributed by atoms with E-state index in [2.05, 4.69) is 20.4 Å². The summed E-state index contributed by atoms with van der Waals surface area (Å²) in [5, 5.41) is 5.67. The number of hydrogen-bond acceptors (Lipinski definition) is 4. The van der Waals surface area contributed by atoms with E-state index in [0.29, 0.717) is 24.1 Å². The summed E-state index contributed by atoms with van der Waals surface area (Å²) in [6.45, 7) is 3.76. The molecule has 152 valence electrons. The first-order chi connectivity index (χ1) is 14.6. The molecule has 0 aliphatic carbocycles. The van der Waals surface area contributed by atoms with Gasteiger partial charge in [0.15, 0.2) is 0 Å². The minimum absolute atomic E-state index is 0.183. The largest absolute Gasteiger partial charge is 0.294 e. The van der Waals surface area contributed by atoms with Crippen molar-refractivity contribution < 1.29 is 4.79 Å². The molecule has 0 aliphatic rings. The maximum atomic E-state index is 13.0. The highest BCUT2D eigenvalue weighted by Crippen LogP contribution is 2.21. The Bertz CT molecular complexity index is 1230. The van der Waals surface area contributed by atoms with Gasteiger partial charge >= 0.3 is 0 Å². The Morgan fingerprint density at radius 1 is 1.07 bits per heavy atom. The predicted octanol–water partition coefficient (Wildman–Crippen LogP) is 3.45. The minimum Gasteiger partial charge on any atom is -0.294 e. The van der Waals surface area contributed by atoms with Gasteiger partial charge in [-0.2, -0.15) is 9.50 Å². The second kappa shape index (κ2) is 8.32. The molecule has 0 saturated heterocycles. The molecule has 2 aromatic carbocycles. The first-order valence-corrected chi connectivity index (χ1v) is 9.94. The summed E-state index contributed by atoms with van der Waals surface area (Å²) < 4.78 is 1.28. The van der Waals surface area contributed by atoms with Crippen LogP contribution in [-0.4, -0.2) is 25.5 Å². The Morgan fingerprint density at radius 3 is 2.40 bits per heavy atom. The van der Waals surface area contributed by atoms with Crippen molar-refractivity contribution >= 4 is 17.6 Å². The Hall–Kier alpha value is -3.74. The van der Waals surface area contributed by atoms with Crippen LogP contribution in [0.1, 0.15) is 41.6 Å². The lowest BCUT2D eigenvalue weighted by molar-refractivity contribution is -0.117. The molecule has 0 fully saturated rings. The van der Waals surface area contributed by atoms with Crippen molar-refractivity contribution in [3.8, 4) is 0 Å². The molecule has 0 saturated carbocycles. The third-order valence-corrected chi connectivity index (χ3v) is 5.19. The van der Waals surface area contributed by atoms with Crippen molar-refractivity contribution in [1.82, 2.24) is 19.6 Å². The van der Waals surface area contributed by atoms with Crippen LogP contribution in [-0.2, 0) is 11.2 Å². The van der Waals surface area contributed by atoms with Crippen molar-refractivity contribution in [2.24, 2.45) is 0 Å². The lowest BCUT2D eigenvalue weighted by Crippen LogP contribution is -2.23. The number of nitrogens with zero attached hydrogens (tertiary/aromatic N) is 3. The highest BCUT2D eigenvalue weighted by Gasteiger charge is 2.21. The van der Waals surface area contributed by atoms with Crippen LogP contribution in [0.3, 0.4) is 0 Å². The van der Waals surface area contributed by atoms with Gasteiger partial charge < -0.3 is 0 Å². The first-order valence-electron chi connectivity index (χ1n) is 9.94. The standard InChI is InChI=1S/C23H23N5O2/c1-3-18(17-12-8-5-9-13-17)20(29)25-22-26-23-24-15(2)19(21(30)28(23)27-22)14-16-10-6-4-7-11-16/h4-13,18H,3,14H2,1-2H3,(H2,24,25,26,27,29)/t18-/m1/s1. The van der Waals surface area contributed by atoms with E-state index in [1.807, 2.05) is 67.6 Å². The van der Waals surface area contributed by atoms with Gasteiger partial charge in [0, 0.05) is 12.0 Å². The first kappa shape index (κ1) is 19.6. The fraction of sp³-hybridized carbons (Fsp3) is 0.217. The number of hydrogen-bond donors (Lipinski definition) is 2. The molecule has 1 amide bonds. The molecule has 7 heteroatoms. The van der Waals surface area contributed by atoms with E-state index in [9.17, 15) is 9.59 Å². The van der Waals surface area contributed by atoms with Crippen LogP contribution in [0.5, 0.6) is 0 Å². The van der Waals surface area contributed by atoms with Crippen LogP contribution in [0.15, 0.2) is 65.5 Å². The number of amides is 1. The number of anilines is 1. The Labute approximate surface area is 173 Å². The summed E-state index contributed by atoms with van der Waals surface area (Å²) in [4.78, 5) is 34.6. The number of H-pyrrole nitrogens is 1. The van der Waals surface area contributed by atoms with Gasteiger partial charge in [-0.1, -0.05) is 67.6 Å². The molecule has 0 aliphatic heterocycles. The number of rotatable bonds is 6. The van der Waals surface area contributed by atoms with Crippen molar-refractivity contribution in [2.45, 2.75) is 32.6 Å². The lowest BCUT2D eigenvalue weighted by Gasteiger charge is -2.13. The zero-order valence-corrected chi connectivity index (χ0v) is 16.9. The number of benzene rings is 2. The number of nitrogens with one attached hydrogen (secondary N) is 2. The smallest absolute Gasteiger partial charge is 0.277 e. The number of aromatic amines is 1. The normalized spacial score (nSPS) is 12.1. The summed E-state index contributed by atoms with van der Waals surface area (Å²) in [5.74, 6) is -0.0517. The molecule has 30 heavy (non-hydrogen) atoms. The Balaban J connectivity index is 1.63. The summed E-state index contributed by atoms with van der Waals surface area (Å²) in [5.41, 5.74) is 2.97. The molecule has 2 heterocycles. The quantitative estimate of drug-likeness (QED) is 0.518. The van der Waals surface area contributed by atoms with Crippen LogP contribution in [0.4, 0.5) is 5.95 Å². The number of aryl methyl sites for hydroxylation is 1. The van der Waals surface area contributed by atoms with Gasteiger partial charge in [0.2, 0.25) is 11.9 Å². The summed E-state index contributed by atoms with van der Waals surface area (Å²) in [6, 6.07) is 19.4. The minimum atomic E-state index is -0.306. The van der Waals surface area contributed by atoms with Crippen LogP contribution in [0, 0.1) is 6.92 Å². The number of aromatic nitrogens is 4. The molecular weight excluding hydrogens is 378 g/mol. The topological polar surface area (TPSA) is 92.2 Å². The third-order valence-electron chi connectivity index (χ3n) is 5.19. The summed E-state index contributed by atoms with van der Waals surface area (Å²) in [6.07, 6.45) is 1.13. The van der Waals surface area contributed by atoms with Crippen molar-refractivity contribution in [1.29, 1.82) is 0 Å². The predicted molar refractivity (Wildman–Crippen MR) is 116 cm³/mol. The number of fused-ring (bicyclic) bond motifs is 1. The van der Waals surface area contributed by atoms with E-state index in [1.54, 1.807) is 6.92 Å². The van der Waals surface area contributed by atoms with Crippen LogP contribution in [0.25, 0.3) is 5.78 Å². The molecule has 0 unspecified atom stereocenters. The number of carbonyl (C=O) groups excluding carboxylic acids is 1. The van der Waals surface area contributed by atoms with Gasteiger partial charge in [-0.3, -0.25) is 20.0 Å². The average Bonchev–Trinajstić information content (AvgIpc) is 3.15. The molecular formula is C23H23N5O2. The van der Waals surface area contributed by atoms with E-state index in [4.69, 9.17) is 0 Å². The van der Waals surface area contributed by atoms with Gasteiger partial charge in [0.25, 0.3) is 11.3 Å². The van der Waals surface area contributed by atoms with Gasteiger partial charge in [0.1, 0.15) is 0 Å². The number of carbonyl (C=O) groups is 1. The second-order valence-corrected chi connectivity index (χ2v) is 7.21. The maximum Gasteiger partial charge on any atom is 0.277 e. The van der Waals surface area contributed by atoms with Crippen molar-refractivity contribution in [2.75, 3.05) is 5.32 Å². The highest BCUT2D eigenvalue weighted by atomic mass is 16.2. The van der Waals surface area contributed by atoms with Crippen molar-refractivity contribution in [3.63, 3.8) is 0 Å². The van der Waals surface area contributed by atoms with E-state index in [0.717, 1.165) is 11.1 Å². The maximum absolute atomic E-state index is 13.0. The summed E-state index contributed by atoms with van der Waals surface area (Å²) in [7, 11) is 0. The van der Waals surface area contributed by atoms with E-state index in [1.165, 1.54) is 4.52 Å². The highest BCUT2D eigenvalue weighted by molar-refractivity contribution is 5.94. The fourth-order valence-electron chi connectivity index (χ4n) is 3.58. The molecule has 0 radical (unpaired) electrons. The summed E-state index contributed by atoms with van der Waals surface area (Å²) >= 11 is 0. The molecule has 0 bridgehead atoms. The monoisotopic (exact) mass is 401 g/mol. The Morgan fingerprint density at radius 2 is 1.73 bits per heavy atom. The molecule has 1 atom stereocenters. The third kappa shape index (κ3) is 3.87. The van der Waals surface area contributed by atoms with E-state index < -0.39 is 0 Å². The van der Waals surface area contributed by atoms with E-state index >= 15 is 0 Å². The molecule has 2 N–H and O–H groups in total. The average molecular weight is 401 g/mol. The van der Waals surface area contributed by atoms with Crippen molar-refractivity contribution in [3.05, 3.63) is 93.4 Å². The molecule has 4 rings (SSSR count). The fourth-order valence-corrected chi connectivity index (χ4v) is 3.58. The van der Waals surface area contributed by atoms with Crippen LogP contribution in [0.2, 0.25) is 0 Å². The zero-order chi connectivity index (χ0) is 21.1. The van der Waals surface area contributed by atoms with E-state index in [-0.39, 0.29) is 29.1 Å². The van der Waals surface area contributed by atoms with Gasteiger partial charge in [0.05, 0.1) is 11.6 Å². The lowest BCUT2D eigenvalue weighted by atomic mass is 9.96. The van der Waals surface area contributed by atoms with Crippen LogP contribution >= 0.6 is 0 Å². The molecule has 4 aromatic rings. The van der Waals surface area contributed by atoms with Gasteiger partial charge in [-0.05, 0) is 24.5 Å². The molecule has 2 aromatic heterocycles. The van der Waals surface area contributed by atoms with Gasteiger partial charge in [-0.25, -0.2) is 4.98 Å². The molecule has 7 nitrogen and oxygen atoms in total. The SMILES string of the molecule is CC[C@@H](C(=O)Nc1nc2nc(C)c(Cc3ccccc3)c(=O)n2[nH]1)c1ccccc1.